The summed E-state index contributed by atoms with van der Waals surface area (Å²) in [6, 6.07) is 4.44. The Hall–Kier alpha value is -2.80. The molecule has 27 heavy (non-hydrogen) atoms. The number of amides is 1. The number of nitrogens with zero attached hydrogens (tertiary/aromatic N) is 2. The fourth-order valence-electron chi connectivity index (χ4n) is 1.83. The van der Waals surface area contributed by atoms with Crippen molar-refractivity contribution in [1.82, 2.24) is 10.2 Å². The average Bonchev–Trinajstić information content (AvgIpc) is 2.98. The maximum absolute atomic E-state index is 12.6. The molecule has 0 aliphatic carbocycles. The third-order valence-corrected chi connectivity index (χ3v) is 4.23. The first-order valence-corrected chi connectivity index (χ1v) is 9.81. The second kappa shape index (κ2) is 8.73. The van der Waals surface area contributed by atoms with Crippen LogP contribution in [0, 0.1) is 0 Å². The van der Waals surface area contributed by atoms with Gasteiger partial charge in [0.15, 0.2) is 11.5 Å². The predicted molar refractivity (Wildman–Crippen MR) is 95.7 cm³/mol. The highest BCUT2D eigenvalue weighted by Gasteiger charge is 2.14. The minimum absolute atomic E-state index is 0.0165. The third-order valence-electron chi connectivity index (χ3n) is 2.78. The molecule has 0 bridgehead atoms. The lowest BCUT2D eigenvalue weighted by Gasteiger charge is -2.12. The maximum atomic E-state index is 12.6. The number of benzene rings is 1. The van der Waals surface area contributed by atoms with E-state index in [0.717, 1.165) is 23.7 Å². The fraction of sp³-hybridized carbons (Fsp3) is 0.214. The van der Waals surface area contributed by atoms with E-state index in [4.69, 9.17) is 4.74 Å². The summed E-state index contributed by atoms with van der Waals surface area (Å²) in [5.74, 6) is -0.768. The van der Waals surface area contributed by atoms with Gasteiger partial charge >= 0.3 is 6.61 Å². The van der Waals surface area contributed by atoms with Crippen LogP contribution in [0.4, 0.5) is 19.0 Å². The maximum Gasteiger partial charge on any atom is 0.387 e. The standard InChI is InChI=1S/C14H14F2N4O5S2/c1-24-9-5-3-4-8(11(9)25-12(15)16)6-7-10(21)17-13-18-19-14(26-13)20-27(2,22)23/h3-7,12H,1-2H3,(H,19,20)(H,17,18,21). The second-order valence-electron chi connectivity index (χ2n) is 4.87. The van der Waals surface area contributed by atoms with E-state index in [9.17, 15) is 22.0 Å². The van der Waals surface area contributed by atoms with E-state index in [1.807, 2.05) is 0 Å². The molecule has 2 N–H and O–H groups in total. The van der Waals surface area contributed by atoms with Gasteiger partial charge in [-0.3, -0.25) is 14.8 Å². The number of halogens is 2. The quantitative estimate of drug-likeness (QED) is 0.628. The Morgan fingerprint density at radius 1 is 1.30 bits per heavy atom. The van der Waals surface area contributed by atoms with Gasteiger partial charge in [-0.25, -0.2) is 8.42 Å². The Balaban J connectivity index is 2.11. The van der Waals surface area contributed by atoms with Crippen molar-refractivity contribution >= 4 is 43.6 Å². The van der Waals surface area contributed by atoms with Crippen molar-refractivity contribution in [2.24, 2.45) is 0 Å². The minimum Gasteiger partial charge on any atom is -0.493 e. The number of hydrogen-bond acceptors (Lipinski definition) is 8. The Morgan fingerprint density at radius 2 is 2.00 bits per heavy atom. The zero-order chi connectivity index (χ0) is 20.0. The lowest BCUT2D eigenvalue weighted by atomic mass is 10.1. The molecule has 0 aliphatic rings. The summed E-state index contributed by atoms with van der Waals surface area (Å²) in [6.45, 7) is -3.07. The summed E-state index contributed by atoms with van der Waals surface area (Å²) >= 11 is 0.805. The van der Waals surface area contributed by atoms with Crippen LogP contribution in [0.2, 0.25) is 0 Å². The van der Waals surface area contributed by atoms with Gasteiger partial charge in [-0.2, -0.15) is 8.78 Å². The molecule has 2 aromatic rings. The van der Waals surface area contributed by atoms with Gasteiger partial charge in [0, 0.05) is 11.6 Å². The first-order chi connectivity index (χ1) is 12.7. The van der Waals surface area contributed by atoms with Gasteiger partial charge in [0.05, 0.1) is 13.4 Å². The van der Waals surface area contributed by atoms with E-state index in [2.05, 4.69) is 25.0 Å². The molecule has 1 aromatic carbocycles. The molecule has 9 nitrogen and oxygen atoms in total. The van der Waals surface area contributed by atoms with Crippen molar-refractivity contribution in [1.29, 1.82) is 0 Å². The molecule has 13 heteroatoms. The summed E-state index contributed by atoms with van der Waals surface area (Å²) < 4.78 is 58.9. The van der Waals surface area contributed by atoms with Crippen molar-refractivity contribution in [3.05, 3.63) is 29.8 Å². The molecular formula is C14H14F2N4O5S2. The van der Waals surface area contributed by atoms with Gasteiger partial charge in [-0.1, -0.05) is 23.5 Å². The number of ether oxygens (including phenoxy) is 2. The van der Waals surface area contributed by atoms with Crippen LogP contribution in [0.3, 0.4) is 0 Å². The van der Waals surface area contributed by atoms with Crippen molar-refractivity contribution < 1.29 is 31.5 Å². The lowest BCUT2D eigenvalue weighted by molar-refractivity contribution is -0.111. The lowest BCUT2D eigenvalue weighted by Crippen LogP contribution is -2.09. The summed E-state index contributed by atoms with van der Waals surface area (Å²) in [5, 5.41) is 9.57. The van der Waals surface area contributed by atoms with Crippen LogP contribution in [-0.2, 0) is 14.8 Å². The third kappa shape index (κ3) is 6.45. The van der Waals surface area contributed by atoms with Gasteiger partial charge in [0.25, 0.3) is 0 Å². The van der Waals surface area contributed by atoms with Crippen LogP contribution in [0.1, 0.15) is 5.56 Å². The fourth-order valence-corrected chi connectivity index (χ4v) is 3.30. The predicted octanol–water partition coefficient (Wildman–Crippen LogP) is 2.17. The highest BCUT2D eigenvalue weighted by molar-refractivity contribution is 7.92. The molecule has 146 valence electrons. The molecule has 0 saturated heterocycles. The Kier molecular flexibility index (Phi) is 6.63. The van der Waals surface area contributed by atoms with Crippen LogP contribution in [0.15, 0.2) is 24.3 Å². The average molecular weight is 420 g/mol. The molecule has 0 radical (unpaired) electrons. The molecule has 0 saturated carbocycles. The zero-order valence-corrected chi connectivity index (χ0v) is 15.6. The number of aromatic nitrogens is 2. The van der Waals surface area contributed by atoms with E-state index < -0.39 is 22.5 Å². The monoisotopic (exact) mass is 420 g/mol. The summed E-state index contributed by atoms with van der Waals surface area (Å²) in [7, 11) is -2.22. The van der Waals surface area contributed by atoms with Crippen LogP contribution >= 0.6 is 11.3 Å². The molecule has 0 fully saturated rings. The molecule has 1 aromatic heterocycles. The van der Waals surface area contributed by atoms with Crippen LogP contribution in [0.5, 0.6) is 11.5 Å². The summed E-state index contributed by atoms with van der Waals surface area (Å²) in [5.41, 5.74) is 0.196. The number of anilines is 2. The Morgan fingerprint density at radius 3 is 2.63 bits per heavy atom. The molecular weight excluding hydrogens is 406 g/mol. The van der Waals surface area contributed by atoms with Crippen molar-refractivity contribution in [2.45, 2.75) is 6.61 Å². The van der Waals surface area contributed by atoms with Gasteiger partial charge in [0.2, 0.25) is 26.2 Å². The Bertz CT molecular complexity index is 947. The number of hydrogen-bond donors (Lipinski definition) is 2. The van der Waals surface area contributed by atoms with Crippen molar-refractivity contribution in [3.63, 3.8) is 0 Å². The number of sulfonamides is 1. The smallest absolute Gasteiger partial charge is 0.387 e. The first-order valence-electron chi connectivity index (χ1n) is 7.10. The number of rotatable bonds is 8. The van der Waals surface area contributed by atoms with Gasteiger partial charge in [0.1, 0.15) is 0 Å². The van der Waals surface area contributed by atoms with Crippen molar-refractivity contribution in [2.75, 3.05) is 23.4 Å². The van der Waals surface area contributed by atoms with Crippen LogP contribution in [-0.4, -0.2) is 44.5 Å². The second-order valence-corrected chi connectivity index (χ2v) is 7.59. The summed E-state index contributed by atoms with van der Waals surface area (Å²) in [4.78, 5) is 12.0. The molecule has 0 aliphatic heterocycles. The number of carbonyl (C=O) groups excluding carboxylic acids is 1. The van der Waals surface area contributed by atoms with E-state index >= 15 is 0 Å². The molecule has 1 amide bonds. The van der Waals surface area contributed by atoms with Gasteiger partial charge in [-0.15, -0.1) is 10.2 Å². The molecule has 0 unspecified atom stereocenters. The van der Waals surface area contributed by atoms with E-state index in [0.29, 0.717) is 0 Å². The van der Waals surface area contributed by atoms with Crippen molar-refractivity contribution in [3.8, 4) is 11.5 Å². The van der Waals surface area contributed by atoms with Crippen LogP contribution < -0.4 is 19.5 Å². The zero-order valence-electron chi connectivity index (χ0n) is 14.0. The number of nitrogens with one attached hydrogen (secondary N) is 2. The number of methoxy groups -OCH3 is 1. The van der Waals surface area contributed by atoms with Gasteiger partial charge in [-0.05, 0) is 12.1 Å². The molecule has 2 rings (SSSR count). The number of carbonyl (C=O) groups is 1. The Labute approximate surface area is 157 Å². The number of alkyl halides is 2. The topological polar surface area (TPSA) is 120 Å². The van der Waals surface area contributed by atoms with Gasteiger partial charge < -0.3 is 9.47 Å². The highest BCUT2D eigenvalue weighted by Crippen LogP contribution is 2.33. The van der Waals surface area contributed by atoms with E-state index in [-0.39, 0.29) is 27.3 Å². The normalized spacial score (nSPS) is 11.6. The van der Waals surface area contributed by atoms with E-state index in [1.54, 1.807) is 6.07 Å². The van der Waals surface area contributed by atoms with E-state index in [1.165, 1.54) is 25.3 Å². The summed E-state index contributed by atoms with van der Waals surface area (Å²) in [6.07, 6.45) is 3.27. The largest absolute Gasteiger partial charge is 0.493 e. The SMILES string of the molecule is COc1cccc(C=CC(=O)Nc2nnc(NS(C)(=O)=O)s2)c1OC(F)F. The first kappa shape index (κ1) is 20.5. The molecule has 1 heterocycles. The number of para-hydroxylation sites is 1. The minimum atomic E-state index is -3.52. The highest BCUT2D eigenvalue weighted by atomic mass is 32.2. The molecule has 0 spiro atoms. The molecule has 0 atom stereocenters. The van der Waals surface area contributed by atoms with Crippen LogP contribution in [0.25, 0.3) is 6.08 Å².